The lowest BCUT2D eigenvalue weighted by atomic mass is 10.1. The smallest absolute Gasteiger partial charge is 0.238 e. The molecule has 1 heterocycles. The molecule has 1 unspecified atom stereocenters. The molecule has 0 spiro atoms. The van der Waals surface area contributed by atoms with Crippen LogP contribution in [0.15, 0.2) is 24.3 Å². The SMILES string of the molecule is CC1(C)CN(CC(=O)Nc2cccc(F)c2)CC(CN)O1. The van der Waals surface area contributed by atoms with Crippen LogP contribution in [0.5, 0.6) is 0 Å². The zero-order valence-corrected chi connectivity index (χ0v) is 12.4. The summed E-state index contributed by atoms with van der Waals surface area (Å²) in [4.78, 5) is 14.1. The van der Waals surface area contributed by atoms with Crippen molar-refractivity contribution in [1.29, 1.82) is 0 Å². The molecule has 1 atom stereocenters. The maximum absolute atomic E-state index is 13.1. The standard InChI is InChI=1S/C15H22FN3O2/c1-15(2)10-19(8-13(7-17)21-15)9-14(20)18-12-5-3-4-11(16)6-12/h3-6,13H,7-10,17H2,1-2H3,(H,18,20). The van der Waals surface area contributed by atoms with E-state index in [4.69, 9.17) is 10.5 Å². The van der Waals surface area contributed by atoms with Crippen LogP contribution in [-0.2, 0) is 9.53 Å². The van der Waals surface area contributed by atoms with E-state index in [1.807, 2.05) is 18.7 Å². The minimum absolute atomic E-state index is 0.0734. The van der Waals surface area contributed by atoms with Gasteiger partial charge in [-0.25, -0.2) is 4.39 Å². The Hall–Kier alpha value is -1.50. The van der Waals surface area contributed by atoms with E-state index in [0.717, 1.165) is 0 Å². The number of hydrogen-bond donors (Lipinski definition) is 2. The van der Waals surface area contributed by atoms with Crippen molar-refractivity contribution in [1.82, 2.24) is 4.90 Å². The number of nitrogens with zero attached hydrogens (tertiary/aromatic N) is 1. The van der Waals surface area contributed by atoms with Crippen LogP contribution in [0.3, 0.4) is 0 Å². The molecule has 0 saturated carbocycles. The van der Waals surface area contributed by atoms with Gasteiger partial charge in [0.2, 0.25) is 5.91 Å². The first kappa shape index (κ1) is 15.9. The molecule has 0 aliphatic carbocycles. The number of nitrogens with one attached hydrogen (secondary N) is 1. The molecule has 0 aromatic heterocycles. The number of rotatable bonds is 4. The van der Waals surface area contributed by atoms with Gasteiger partial charge in [-0.3, -0.25) is 9.69 Å². The second kappa shape index (κ2) is 6.51. The van der Waals surface area contributed by atoms with E-state index in [0.29, 0.717) is 25.3 Å². The van der Waals surface area contributed by atoms with Gasteiger partial charge in [-0.15, -0.1) is 0 Å². The molecule has 1 aliphatic heterocycles. The van der Waals surface area contributed by atoms with E-state index in [1.54, 1.807) is 12.1 Å². The Morgan fingerprint density at radius 3 is 3.00 bits per heavy atom. The van der Waals surface area contributed by atoms with Crippen LogP contribution in [0, 0.1) is 5.82 Å². The summed E-state index contributed by atoms with van der Waals surface area (Å²) in [5.41, 5.74) is 5.79. The van der Waals surface area contributed by atoms with Crippen LogP contribution in [-0.4, -0.2) is 48.7 Å². The fourth-order valence-electron chi connectivity index (χ4n) is 2.63. The van der Waals surface area contributed by atoms with E-state index in [-0.39, 0.29) is 30.0 Å². The number of carbonyl (C=O) groups is 1. The fourth-order valence-corrected chi connectivity index (χ4v) is 2.63. The Morgan fingerprint density at radius 2 is 2.33 bits per heavy atom. The number of halogens is 1. The Bertz CT molecular complexity index is 507. The minimum atomic E-state index is -0.372. The summed E-state index contributed by atoms with van der Waals surface area (Å²) in [6, 6.07) is 5.86. The monoisotopic (exact) mass is 295 g/mol. The molecular formula is C15H22FN3O2. The molecule has 1 amide bonds. The van der Waals surface area contributed by atoms with E-state index < -0.39 is 0 Å². The Kier molecular flexibility index (Phi) is 4.92. The van der Waals surface area contributed by atoms with E-state index in [2.05, 4.69) is 5.32 Å². The molecule has 0 radical (unpaired) electrons. The summed E-state index contributed by atoms with van der Waals surface area (Å²) in [7, 11) is 0. The van der Waals surface area contributed by atoms with Gasteiger partial charge in [-0.05, 0) is 32.0 Å². The first-order valence-corrected chi connectivity index (χ1v) is 7.03. The van der Waals surface area contributed by atoms with Gasteiger partial charge < -0.3 is 15.8 Å². The summed E-state index contributed by atoms with van der Waals surface area (Å²) < 4.78 is 18.9. The lowest BCUT2D eigenvalue weighted by molar-refractivity contribution is -0.138. The van der Waals surface area contributed by atoms with Crippen molar-refractivity contribution in [3.05, 3.63) is 30.1 Å². The summed E-state index contributed by atoms with van der Waals surface area (Å²) in [6.07, 6.45) is -0.0734. The highest BCUT2D eigenvalue weighted by molar-refractivity contribution is 5.92. The molecule has 3 N–H and O–H groups in total. The van der Waals surface area contributed by atoms with Gasteiger partial charge in [0.15, 0.2) is 0 Å². The predicted octanol–water partition coefficient (Wildman–Crippen LogP) is 1.20. The normalized spacial score (nSPS) is 22.0. The largest absolute Gasteiger partial charge is 0.368 e. The number of ether oxygens (including phenoxy) is 1. The molecule has 1 fully saturated rings. The molecule has 1 aliphatic rings. The Balaban J connectivity index is 1.92. The van der Waals surface area contributed by atoms with Gasteiger partial charge in [-0.2, -0.15) is 0 Å². The van der Waals surface area contributed by atoms with Gasteiger partial charge in [0, 0.05) is 25.3 Å². The van der Waals surface area contributed by atoms with Crippen LogP contribution < -0.4 is 11.1 Å². The topological polar surface area (TPSA) is 67.6 Å². The number of benzene rings is 1. The molecule has 1 saturated heterocycles. The molecule has 116 valence electrons. The van der Waals surface area contributed by atoms with Crippen molar-refractivity contribution in [2.24, 2.45) is 5.73 Å². The molecule has 6 heteroatoms. The van der Waals surface area contributed by atoms with Crippen LogP contribution in [0.1, 0.15) is 13.8 Å². The molecule has 2 rings (SSSR count). The van der Waals surface area contributed by atoms with Crippen LogP contribution in [0.2, 0.25) is 0 Å². The second-order valence-electron chi connectivity index (χ2n) is 5.96. The number of anilines is 1. The third-order valence-electron chi connectivity index (χ3n) is 3.29. The van der Waals surface area contributed by atoms with Crippen LogP contribution in [0.4, 0.5) is 10.1 Å². The van der Waals surface area contributed by atoms with Gasteiger partial charge >= 0.3 is 0 Å². The predicted molar refractivity (Wildman–Crippen MR) is 79.5 cm³/mol. The van der Waals surface area contributed by atoms with Crippen molar-refractivity contribution >= 4 is 11.6 Å². The lowest BCUT2D eigenvalue weighted by Crippen LogP contribution is -2.56. The van der Waals surface area contributed by atoms with Gasteiger partial charge in [-0.1, -0.05) is 6.07 Å². The van der Waals surface area contributed by atoms with Crippen LogP contribution >= 0.6 is 0 Å². The van der Waals surface area contributed by atoms with Gasteiger partial charge in [0.25, 0.3) is 0 Å². The quantitative estimate of drug-likeness (QED) is 0.876. The minimum Gasteiger partial charge on any atom is -0.368 e. The van der Waals surface area contributed by atoms with Crippen LogP contribution in [0.25, 0.3) is 0 Å². The summed E-state index contributed by atoms with van der Waals surface area (Å²) in [5.74, 6) is -0.544. The molecule has 0 bridgehead atoms. The zero-order valence-electron chi connectivity index (χ0n) is 12.4. The third-order valence-corrected chi connectivity index (χ3v) is 3.29. The van der Waals surface area contributed by atoms with Crippen molar-refractivity contribution < 1.29 is 13.9 Å². The third kappa shape index (κ3) is 4.77. The Labute approximate surface area is 124 Å². The Morgan fingerprint density at radius 1 is 1.57 bits per heavy atom. The number of morpholine rings is 1. The molecule has 21 heavy (non-hydrogen) atoms. The van der Waals surface area contributed by atoms with E-state index in [9.17, 15) is 9.18 Å². The van der Waals surface area contributed by atoms with Crippen molar-refractivity contribution in [2.75, 3.05) is 31.5 Å². The number of hydrogen-bond acceptors (Lipinski definition) is 4. The number of carbonyl (C=O) groups excluding carboxylic acids is 1. The van der Waals surface area contributed by atoms with Crippen molar-refractivity contribution in [3.63, 3.8) is 0 Å². The highest BCUT2D eigenvalue weighted by Crippen LogP contribution is 2.20. The summed E-state index contributed by atoms with van der Waals surface area (Å²) in [5, 5.41) is 2.70. The lowest BCUT2D eigenvalue weighted by Gasteiger charge is -2.42. The first-order chi connectivity index (χ1) is 9.88. The fraction of sp³-hybridized carbons (Fsp3) is 0.533. The van der Waals surface area contributed by atoms with Gasteiger partial charge in [0.1, 0.15) is 5.82 Å². The highest BCUT2D eigenvalue weighted by Gasteiger charge is 2.33. The molecule has 1 aromatic rings. The maximum Gasteiger partial charge on any atom is 0.238 e. The zero-order chi connectivity index (χ0) is 15.5. The number of nitrogens with two attached hydrogens (primary N) is 1. The van der Waals surface area contributed by atoms with Crippen molar-refractivity contribution in [2.45, 2.75) is 25.6 Å². The average molecular weight is 295 g/mol. The summed E-state index contributed by atoms with van der Waals surface area (Å²) >= 11 is 0. The van der Waals surface area contributed by atoms with Crippen molar-refractivity contribution in [3.8, 4) is 0 Å². The number of amides is 1. The highest BCUT2D eigenvalue weighted by atomic mass is 19.1. The average Bonchev–Trinajstić information content (AvgIpc) is 2.36. The molecule has 5 nitrogen and oxygen atoms in total. The van der Waals surface area contributed by atoms with E-state index >= 15 is 0 Å². The first-order valence-electron chi connectivity index (χ1n) is 7.03. The molecule has 1 aromatic carbocycles. The maximum atomic E-state index is 13.1. The second-order valence-corrected chi connectivity index (χ2v) is 5.96. The van der Waals surface area contributed by atoms with E-state index in [1.165, 1.54) is 12.1 Å². The van der Waals surface area contributed by atoms with Gasteiger partial charge in [0.05, 0.1) is 18.2 Å². The molecular weight excluding hydrogens is 273 g/mol. The summed E-state index contributed by atoms with van der Waals surface area (Å²) in [6.45, 7) is 5.89.